The molecule has 23 heavy (non-hydrogen) atoms. The molecule has 3 rings (SSSR count). The number of rotatable bonds is 5. The van der Waals surface area contributed by atoms with Gasteiger partial charge in [0.2, 0.25) is 11.7 Å². The van der Waals surface area contributed by atoms with Crippen LogP contribution in [0.25, 0.3) is 22.8 Å². The lowest BCUT2D eigenvalue weighted by atomic mass is 10.2. The SMILES string of the molecule is Cc1ccc(-c2noc(-c3ccnc(OCC(F)F)c3)n2)cn1. The lowest BCUT2D eigenvalue weighted by Crippen LogP contribution is -2.07. The van der Waals surface area contributed by atoms with Gasteiger partial charge >= 0.3 is 0 Å². The van der Waals surface area contributed by atoms with Gasteiger partial charge in [-0.05, 0) is 25.1 Å². The normalized spacial score (nSPS) is 11.0. The molecule has 0 spiro atoms. The largest absolute Gasteiger partial charge is 0.472 e. The van der Waals surface area contributed by atoms with Crippen LogP contribution in [0.4, 0.5) is 8.78 Å². The van der Waals surface area contributed by atoms with Crippen LogP contribution in [0.2, 0.25) is 0 Å². The van der Waals surface area contributed by atoms with Crippen LogP contribution in [0.1, 0.15) is 5.69 Å². The topological polar surface area (TPSA) is 73.9 Å². The molecule has 0 aliphatic heterocycles. The first kappa shape index (κ1) is 15.0. The van der Waals surface area contributed by atoms with Crippen LogP contribution in [-0.2, 0) is 0 Å². The van der Waals surface area contributed by atoms with E-state index in [1.807, 2.05) is 19.1 Å². The summed E-state index contributed by atoms with van der Waals surface area (Å²) >= 11 is 0. The van der Waals surface area contributed by atoms with E-state index in [-0.39, 0.29) is 11.8 Å². The summed E-state index contributed by atoms with van der Waals surface area (Å²) in [5.74, 6) is 0.698. The highest BCUT2D eigenvalue weighted by Gasteiger charge is 2.12. The number of pyridine rings is 2. The lowest BCUT2D eigenvalue weighted by molar-refractivity contribution is 0.0796. The summed E-state index contributed by atoms with van der Waals surface area (Å²) in [5, 5.41) is 3.89. The van der Waals surface area contributed by atoms with E-state index in [0.717, 1.165) is 5.69 Å². The van der Waals surface area contributed by atoms with E-state index >= 15 is 0 Å². The Balaban J connectivity index is 1.82. The van der Waals surface area contributed by atoms with Gasteiger partial charge in [0, 0.05) is 35.3 Å². The van der Waals surface area contributed by atoms with Crippen molar-refractivity contribution in [3.05, 3.63) is 42.4 Å². The zero-order valence-corrected chi connectivity index (χ0v) is 12.1. The standard InChI is InChI=1S/C15H12F2N4O2/c1-9-2-3-11(7-19-9)14-20-15(23-21-14)10-4-5-18-13(6-10)22-8-12(16)17/h2-7,12H,8H2,1H3. The van der Waals surface area contributed by atoms with Crippen molar-refractivity contribution >= 4 is 0 Å². The van der Waals surface area contributed by atoms with Gasteiger partial charge < -0.3 is 9.26 Å². The Labute approximate surface area is 130 Å². The number of aromatic nitrogens is 4. The zero-order valence-electron chi connectivity index (χ0n) is 12.1. The van der Waals surface area contributed by atoms with E-state index < -0.39 is 13.0 Å². The highest BCUT2D eigenvalue weighted by molar-refractivity contribution is 5.59. The summed E-state index contributed by atoms with van der Waals surface area (Å²) in [6.07, 6.45) is 0.505. The van der Waals surface area contributed by atoms with Crippen molar-refractivity contribution in [3.8, 4) is 28.7 Å². The third kappa shape index (κ3) is 3.65. The van der Waals surface area contributed by atoms with Gasteiger partial charge in [-0.15, -0.1) is 0 Å². The van der Waals surface area contributed by atoms with Crippen LogP contribution in [-0.4, -0.2) is 33.1 Å². The number of hydrogen-bond donors (Lipinski definition) is 0. The molecule has 118 valence electrons. The molecule has 0 aliphatic rings. The molecule has 0 saturated carbocycles. The van der Waals surface area contributed by atoms with Crippen molar-refractivity contribution in [2.75, 3.05) is 6.61 Å². The lowest BCUT2D eigenvalue weighted by Gasteiger charge is -2.04. The predicted molar refractivity (Wildman–Crippen MR) is 77.0 cm³/mol. The first-order chi connectivity index (χ1) is 11.1. The molecular weight excluding hydrogens is 306 g/mol. The van der Waals surface area contributed by atoms with Crippen LogP contribution >= 0.6 is 0 Å². The van der Waals surface area contributed by atoms with Gasteiger partial charge in [-0.3, -0.25) is 4.98 Å². The van der Waals surface area contributed by atoms with Crippen LogP contribution in [0.5, 0.6) is 5.88 Å². The first-order valence-electron chi connectivity index (χ1n) is 6.76. The third-order valence-electron chi connectivity index (χ3n) is 2.93. The fourth-order valence-corrected chi connectivity index (χ4v) is 1.83. The van der Waals surface area contributed by atoms with Crippen LogP contribution < -0.4 is 4.74 Å². The highest BCUT2D eigenvalue weighted by Crippen LogP contribution is 2.23. The second kappa shape index (κ2) is 6.47. The monoisotopic (exact) mass is 318 g/mol. The minimum Gasteiger partial charge on any atom is -0.472 e. The molecule has 3 aromatic heterocycles. The molecule has 0 saturated heterocycles. The number of ether oxygens (including phenoxy) is 1. The molecule has 0 bridgehead atoms. The van der Waals surface area contributed by atoms with E-state index in [1.54, 1.807) is 12.3 Å². The average Bonchev–Trinajstić information content (AvgIpc) is 3.04. The van der Waals surface area contributed by atoms with Gasteiger partial charge in [-0.1, -0.05) is 5.16 Å². The maximum atomic E-state index is 12.2. The predicted octanol–water partition coefficient (Wildman–Crippen LogP) is 3.15. The molecule has 3 aromatic rings. The Morgan fingerprint density at radius 2 is 2.04 bits per heavy atom. The van der Waals surface area contributed by atoms with Crippen molar-refractivity contribution in [3.63, 3.8) is 0 Å². The van der Waals surface area contributed by atoms with Crippen molar-refractivity contribution in [2.24, 2.45) is 0 Å². The summed E-state index contributed by atoms with van der Waals surface area (Å²) in [6, 6.07) is 6.77. The minimum absolute atomic E-state index is 0.0690. The summed E-state index contributed by atoms with van der Waals surface area (Å²) in [6.45, 7) is 1.16. The minimum atomic E-state index is -2.57. The summed E-state index contributed by atoms with van der Waals surface area (Å²) in [5.41, 5.74) is 2.13. The Morgan fingerprint density at radius 3 is 2.78 bits per heavy atom. The van der Waals surface area contributed by atoms with Gasteiger partial charge in [0.05, 0.1) is 0 Å². The smallest absolute Gasteiger partial charge is 0.272 e. The quantitative estimate of drug-likeness (QED) is 0.719. The molecule has 0 unspecified atom stereocenters. The van der Waals surface area contributed by atoms with Gasteiger partial charge in [-0.25, -0.2) is 13.8 Å². The average molecular weight is 318 g/mol. The van der Waals surface area contributed by atoms with Crippen LogP contribution in [0.15, 0.2) is 41.2 Å². The van der Waals surface area contributed by atoms with E-state index in [1.165, 1.54) is 12.3 Å². The second-order valence-electron chi connectivity index (χ2n) is 4.70. The van der Waals surface area contributed by atoms with E-state index in [9.17, 15) is 8.78 Å². The third-order valence-corrected chi connectivity index (χ3v) is 2.93. The molecule has 0 fully saturated rings. The van der Waals surface area contributed by atoms with Gasteiger partial charge in [0.15, 0.2) is 6.61 Å². The van der Waals surface area contributed by atoms with Crippen molar-refractivity contribution in [1.29, 1.82) is 0 Å². The number of halogens is 2. The number of alkyl halides is 2. The maximum absolute atomic E-state index is 12.2. The van der Waals surface area contributed by atoms with Crippen LogP contribution in [0, 0.1) is 6.92 Å². The number of aryl methyl sites for hydroxylation is 1. The molecular formula is C15H12F2N4O2. The number of hydrogen-bond acceptors (Lipinski definition) is 6. The molecule has 6 nitrogen and oxygen atoms in total. The summed E-state index contributed by atoms with van der Waals surface area (Å²) in [4.78, 5) is 12.3. The molecule has 8 heteroatoms. The van der Waals surface area contributed by atoms with Gasteiger partial charge in [0.25, 0.3) is 12.3 Å². The van der Waals surface area contributed by atoms with Crippen molar-refractivity contribution in [2.45, 2.75) is 13.3 Å². The first-order valence-corrected chi connectivity index (χ1v) is 6.76. The van der Waals surface area contributed by atoms with Crippen LogP contribution in [0.3, 0.4) is 0 Å². The Kier molecular flexibility index (Phi) is 4.22. The van der Waals surface area contributed by atoms with E-state index in [0.29, 0.717) is 17.0 Å². The van der Waals surface area contributed by atoms with Gasteiger partial charge in [-0.2, -0.15) is 4.98 Å². The molecule has 0 amide bonds. The Bertz CT molecular complexity index is 790. The van der Waals surface area contributed by atoms with Crippen molar-refractivity contribution in [1.82, 2.24) is 20.1 Å². The van der Waals surface area contributed by atoms with Crippen molar-refractivity contribution < 1.29 is 18.0 Å². The molecule has 0 N–H and O–H groups in total. The maximum Gasteiger partial charge on any atom is 0.272 e. The Hall–Kier alpha value is -2.90. The molecule has 0 atom stereocenters. The zero-order chi connectivity index (χ0) is 16.2. The molecule has 3 heterocycles. The fourth-order valence-electron chi connectivity index (χ4n) is 1.83. The fraction of sp³-hybridized carbons (Fsp3) is 0.200. The summed E-state index contributed by atoms with van der Waals surface area (Å²) < 4.78 is 34.4. The van der Waals surface area contributed by atoms with Gasteiger partial charge in [0.1, 0.15) is 0 Å². The highest BCUT2D eigenvalue weighted by atomic mass is 19.3. The summed E-state index contributed by atoms with van der Waals surface area (Å²) in [7, 11) is 0. The number of nitrogens with zero attached hydrogens (tertiary/aromatic N) is 4. The Morgan fingerprint density at radius 1 is 1.17 bits per heavy atom. The molecule has 0 aromatic carbocycles. The van der Waals surface area contributed by atoms with E-state index in [4.69, 9.17) is 9.26 Å². The molecule has 0 aliphatic carbocycles. The van der Waals surface area contributed by atoms with E-state index in [2.05, 4.69) is 20.1 Å². The second-order valence-corrected chi connectivity index (χ2v) is 4.70. The molecule has 0 radical (unpaired) electrons.